The molecular weight excluding hydrogens is 250 g/mol. The molecule has 5 heteroatoms. The molecular formula is C9H16BrNO3. The summed E-state index contributed by atoms with van der Waals surface area (Å²) in [5.74, 6) is 0. The number of hydrogen-bond donors (Lipinski definition) is 1. The monoisotopic (exact) mass is 265 g/mol. The maximum atomic E-state index is 11.5. The molecule has 0 aromatic rings. The minimum atomic E-state index is -0.498. The molecule has 1 amide bonds. The molecule has 1 heterocycles. The second-order valence-electron chi connectivity index (χ2n) is 4.47. The smallest absolute Gasteiger partial charge is 0.410 e. The Balaban J connectivity index is 2.48. The van der Waals surface area contributed by atoms with Crippen molar-refractivity contribution in [2.24, 2.45) is 0 Å². The van der Waals surface area contributed by atoms with Gasteiger partial charge in [-0.15, -0.1) is 0 Å². The average Bonchev–Trinajstić information content (AvgIpc) is 2.28. The van der Waals surface area contributed by atoms with Gasteiger partial charge in [-0.25, -0.2) is 4.79 Å². The molecule has 0 bridgehead atoms. The Kier molecular flexibility index (Phi) is 3.42. The zero-order valence-electron chi connectivity index (χ0n) is 8.66. The SMILES string of the molecule is CC(C)(C)OC(=O)N1CC(Br)[C@@H](O)C1. The van der Waals surface area contributed by atoms with Gasteiger partial charge in [0.1, 0.15) is 5.60 Å². The first-order valence-corrected chi connectivity index (χ1v) is 5.51. The van der Waals surface area contributed by atoms with Gasteiger partial charge in [0.2, 0.25) is 0 Å². The number of rotatable bonds is 0. The molecule has 1 N–H and O–H groups in total. The summed E-state index contributed by atoms with van der Waals surface area (Å²) < 4.78 is 5.17. The van der Waals surface area contributed by atoms with Gasteiger partial charge in [0, 0.05) is 6.54 Å². The average molecular weight is 266 g/mol. The summed E-state index contributed by atoms with van der Waals surface area (Å²) in [4.78, 5) is 13.0. The van der Waals surface area contributed by atoms with Gasteiger partial charge in [-0.05, 0) is 20.8 Å². The molecule has 1 fully saturated rings. The third-order valence-corrected chi connectivity index (χ3v) is 2.77. The van der Waals surface area contributed by atoms with Crippen LogP contribution in [0.4, 0.5) is 4.79 Å². The van der Waals surface area contributed by atoms with E-state index >= 15 is 0 Å². The van der Waals surface area contributed by atoms with Crippen molar-refractivity contribution in [2.75, 3.05) is 13.1 Å². The normalized spacial score (nSPS) is 27.9. The predicted molar refractivity (Wildman–Crippen MR) is 56.5 cm³/mol. The summed E-state index contributed by atoms with van der Waals surface area (Å²) in [5, 5.41) is 9.42. The number of amides is 1. The first-order valence-electron chi connectivity index (χ1n) is 4.59. The van der Waals surface area contributed by atoms with Crippen LogP contribution in [0.1, 0.15) is 20.8 Å². The van der Waals surface area contributed by atoms with E-state index in [1.165, 1.54) is 4.90 Å². The van der Waals surface area contributed by atoms with Crippen molar-refractivity contribution in [1.29, 1.82) is 0 Å². The van der Waals surface area contributed by atoms with Crippen LogP contribution in [0, 0.1) is 0 Å². The molecule has 4 nitrogen and oxygen atoms in total. The number of nitrogens with zero attached hydrogens (tertiary/aromatic N) is 1. The van der Waals surface area contributed by atoms with Crippen molar-refractivity contribution < 1.29 is 14.6 Å². The van der Waals surface area contributed by atoms with Crippen LogP contribution in [-0.2, 0) is 4.74 Å². The van der Waals surface area contributed by atoms with Gasteiger partial charge in [-0.1, -0.05) is 15.9 Å². The molecule has 1 aliphatic heterocycles. The van der Waals surface area contributed by atoms with Crippen LogP contribution in [0.3, 0.4) is 0 Å². The fraction of sp³-hybridized carbons (Fsp3) is 0.889. The number of carbonyl (C=O) groups is 1. The fourth-order valence-electron chi connectivity index (χ4n) is 1.22. The summed E-state index contributed by atoms with van der Waals surface area (Å²) in [6, 6.07) is 0. The molecule has 0 radical (unpaired) electrons. The maximum absolute atomic E-state index is 11.5. The van der Waals surface area contributed by atoms with Gasteiger partial charge in [0.25, 0.3) is 0 Å². The van der Waals surface area contributed by atoms with Crippen molar-refractivity contribution in [2.45, 2.75) is 37.3 Å². The lowest BCUT2D eigenvalue weighted by atomic mass is 10.2. The number of alkyl halides is 1. The van der Waals surface area contributed by atoms with E-state index < -0.39 is 11.7 Å². The number of ether oxygens (including phenoxy) is 1. The van der Waals surface area contributed by atoms with E-state index in [0.717, 1.165) is 0 Å². The summed E-state index contributed by atoms with van der Waals surface area (Å²) in [5.41, 5.74) is -0.480. The quantitative estimate of drug-likeness (QED) is 0.673. The highest BCUT2D eigenvalue weighted by molar-refractivity contribution is 9.09. The molecule has 1 unspecified atom stereocenters. The van der Waals surface area contributed by atoms with E-state index in [1.807, 2.05) is 20.8 Å². The van der Waals surface area contributed by atoms with E-state index in [1.54, 1.807) is 0 Å². The standard InChI is InChI=1S/C9H16BrNO3/c1-9(2,3)14-8(13)11-4-6(10)7(12)5-11/h6-7,12H,4-5H2,1-3H3/t6?,7-/m0/s1. The molecule has 82 valence electrons. The Morgan fingerprint density at radius 1 is 1.50 bits per heavy atom. The lowest BCUT2D eigenvalue weighted by Gasteiger charge is -2.24. The minimum absolute atomic E-state index is 0.0463. The van der Waals surface area contributed by atoms with E-state index in [4.69, 9.17) is 4.74 Å². The second kappa shape index (κ2) is 4.06. The third-order valence-electron chi connectivity index (χ3n) is 1.87. The Morgan fingerprint density at radius 2 is 2.07 bits per heavy atom. The first-order chi connectivity index (χ1) is 6.29. The van der Waals surface area contributed by atoms with Crippen LogP contribution in [0.2, 0.25) is 0 Å². The van der Waals surface area contributed by atoms with Crippen LogP contribution < -0.4 is 0 Å². The molecule has 2 atom stereocenters. The summed E-state index contributed by atoms with van der Waals surface area (Å²) >= 11 is 3.29. The topological polar surface area (TPSA) is 49.8 Å². The number of hydrogen-bond acceptors (Lipinski definition) is 3. The molecule has 0 aromatic heterocycles. The minimum Gasteiger partial charge on any atom is -0.444 e. The van der Waals surface area contributed by atoms with Gasteiger partial charge in [-0.3, -0.25) is 0 Å². The number of β-amino-alcohol motifs (C(OH)–C–C–N with tert-alkyl or cyclic N) is 1. The Morgan fingerprint density at radius 3 is 2.43 bits per heavy atom. The highest BCUT2D eigenvalue weighted by atomic mass is 79.9. The molecule has 1 rings (SSSR count). The van der Waals surface area contributed by atoms with Crippen molar-refractivity contribution in [1.82, 2.24) is 4.90 Å². The van der Waals surface area contributed by atoms with E-state index in [0.29, 0.717) is 13.1 Å². The predicted octanol–water partition coefficient (Wildman–Crippen LogP) is 1.36. The number of halogens is 1. The molecule has 0 saturated carbocycles. The van der Waals surface area contributed by atoms with E-state index in [9.17, 15) is 9.90 Å². The van der Waals surface area contributed by atoms with Crippen LogP contribution >= 0.6 is 15.9 Å². The van der Waals surface area contributed by atoms with Crippen LogP contribution in [0.25, 0.3) is 0 Å². The first kappa shape index (κ1) is 11.8. The van der Waals surface area contributed by atoms with Gasteiger partial charge in [0.05, 0.1) is 17.5 Å². The molecule has 1 aliphatic rings. The van der Waals surface area contributed by atoms with E-state index in [2.05, 4.69) is 15.9 Å². The van der Waals surface area contributed by atoms with Gasteiger partial charge >= 0.3 is 6.09 Å². The largest absolute Gasteiger partial charge is 0.444 e. The van der Waals surface area contributed by atoms with Gasteiger partial charge in [-0.2, -0.15) is 0 Å². The number of likely N-dealkylation sites (tertiary alicyclic amines) is 1. The molecule has 0 aliphatic carbocycles. The lowest BCUT2D eigenvalue weighted by Crippen LogP contribution is -2.35. The number of aliphatic hydroxyl groups excluding tert-OH is 1. The van der Waals surface area contributed by atoms with Crippen molar-refractivity contribution in [3.63, 3.8) is 0 Å². The molecule has 14 heavy (non-hydrogen) atoms. The van der Waals surface area contributed by atoms with E-state index in [-0.39, 0.29) is 10.9 Å². The number of carbonyl (C=O) groups excluding carboxylic acids is 1. The highest BCUT2D eigenvalue weighted by Crippen LogP contribution is 2.19. The van der Waals surface area contributed by atoms with Crippen molar-refractivity contribution in [3.8, 4) is 0 Å². The Hall–Kier alpha value is -0.290. The van der Waals surface area contributed by atoms with Crippen LogP contribution in [-0.4, -0.2) is 45.7 Å². The zero-order chi connectivity index (χ0) is 10.9. The van der Waals surface area contributed by atoms with Gasteiger partial charge < -0.3 is 14.7 Å². The summed E-state index contributed by atoms with van der Waals surface area (Å²) in [6.45, 7) is 6.30. The zero-order valence-corrected chi connectivity index (χ0v) is 10.2. The Labute approximate surface area is 92.3 Å². The van der Waals surface area contributed by atoms with Crippen LogP contribution in [0.5, 0.6) is 0 Å². The lowest BCUT2D eigenvalue weighted by molar-refractivity contribution is 0.0270. The Bertz CT molecular complexity index is 217. The van der Waals surface area contributed by atoms with Crippen molar-refractivity contribution >= 4 is 22.0 Å². The number of aliphatic hydroxyl groups is 1. The maximum Gasteiger partial charge on any atom is 0.410 e. The highest BCUT2D eigenvalue weighted by Gasteiger charge is 2.34. The molecule has 1 saturated heterocycles. The molecule has 0 aromatic carbocycles. The molecule has 0 spiro atoms. The van der Waals surface area contributed by atoms with Crippen molar-refractivity contribution in [3.05, 3.63) is 0 Å². The fourth-order valence-corrected chi connectivity index (χ4v) is 1.74. The van der Waals surface area contributed by atoms with Crippen LogP contribution in [0.15, 0.2) is 0 Å². The summed E-state index contributed by atoms with van der Waals surface area (Å²) in [6.07, 6.45) is -0.860. The summed E-state index contributed by atoms with van der Waals surface area (Å²) in [7, 11) is 0. The third kappa shape index (κ3) is 3.13. The van der Waals surface area contributed by atoms with Gasteiger partial charge in [0.15, 0.2) is 0 Å². The second-order valence-corrected chi connectivity index (χ2v) is 5.64.